The number of aromatic nitrogens is 5. The standard InChI is InChI=1S/C25H20ClN5O2S/c1-32-21-13-11-20(12-14-21)31-22(15-17-5-3-2-4-6-17)28-29-25(31)34-16-23-27-24(30-33-23)18-7-9-19(26)10-8-18/h2-14H,15-16H2,1H3. The lowest BCUT2D eigenvalue weighted by atomic mass is 10.1. The van der Waals surface area contributed by atoms with Gasteiger partial charge in [-0.25, -0.2) is 0 Å². The summed E-state index contributed by atoms with van der Waals surface area (Å²) in [5.41, 5.74) is 2.95. The number of ether oxygens (including phenoxy) is 1. The number of benzene rings is 3. The van der Waals surface area contributed by atoms with Gasteiger partial charge in [0.1, 0.15) is 11.6 Å². The quantitative estimate of drug-likeness (QED) is 0.252. The fraction of sp³-hybridized carbons (Fsp3) is 0.120. The number of rotatable bonds is 8. The summed E-state index contributed by atoms with van der Waals surface area (Å²) in [5.74, 6) is 3.11. The summed E-state index contributed by atoms with van der Waals surface area (Å²) in [4.78, 5) is 4.51. The van der Waals surface area contributed by atoms with Gasteiger partial charge in [-0.2, -0.15) is 4.98 Å². The molecule has 0 fully saturated rings. The Morgan fingerprint density at radius 1 is 0.941 bits per heavy atom. The molecule has 3 aromatic carbocycles. The minimum atomic E-state index is 0.459. The summed E-state index contributed by atoms with van der Waals surface area (Å²) in [6, 6.07) is 25.4. The molecule has 0 aliphatic heterocycles. The largest absolute Gasteiger partial charge is 0.497 e. The molecule has 0 unspecified atom stereocenters. The molecular formula is C25H20ClN5O2S. The van der Waals surface area contributed by atoms with Crippen molar-refractivity contribution in [1.82, 2.24) is 24.9 Å². The van der Waals surface area contributed by atoms with Crippen molar-refractivity contribution in [2.75, 3.05) is 7.11 Å². The van der Waals surface area contributed by atoms with Crippen molar-refractivity contribution >= 4 is 23.4 Å². The Labute approximate surface area is 205 Å². The van der Waals surface area contributed by atoms with E-state index in [0.29, 0.717) is 28.9 Å². The molecule has 34 heavy (non-hydrogen) atoms. The van der Waals surface area contributed by atoms with Gasteiger partial charge >= 0.3 is 0 Å². The lowest BCUT2D eigenvalue weighted by molar-refractivity contribution is 0.391. The number of methoxy groups -OCH3 is 1. The molecule has 0 N–H and O–H groups in total. The molecule has 0 saturated heterocycles. The maximum absolute atomic E-state index is 5.97. The van der Waals surface area contributed by atoms with Crippen LogP contribution in [0.4, 0.5) is 0 Å². The van der Waals surface area contributed by atoms with Crippen LogP contribution in [-0.2, 0) is 12.2 Å². The van der Waals surface area contributed by atoms with Crippen LogP contribution in [0.5, 0.6) is 5.75 Å². The van der Waals surface area contributed by atoms with E-state index in [4.69, 9.17) is 20.9 Å². The van der Waals surface area contributed by atoms with Crippen molar-refractivity contribution in [2.24, 2.45) is 0 Å². The monoisotopic (exact) mass is 489 g/mol. The van der Waals surface area contributed by atoms with Crippen LogP contribution in [0, 0.1) is 0 Å². The smallest absolute Gasteiger partial charge is 0.237 e. The maximum atomic E-state index is 5.97. The molecule has 0 radical (unpaired) electrons. The molecule has 0 atom stereocenters. The van der Waals surface area contributed by atoms with E-state index in [2.05, 4.69) is 32.5 Å². The first-order valence-corrected chi connectivity index (χ1v) is 11.9. The summed E-state index contributed by atoms with van der Waals surface area (Å²) < 4.78 is 12.8. The zero-order chi connectivity index (χ0) is 23.3. The van der Waals surface area contributed by atoms with Crippen molar-refractivity contribution in [3.63, 3.8) is 0 Å². The van der Waals surface area contributed by atoms with Crippen LogP contribution in [0.3, 0.4) is 0 Å². The molecule has 2 aromatic heterocycles. The van der Waals surface area contributed by atoms with Crippen molar-refractivity contribution in [3.05, 3.63) is 101 Å². The molecule has 5 aromatic rings. The van der Waals surface area contributed by atoms with Crippen LogP contribution in [0.2, 0.25) is 5.02 Å². The van der Waals surface area contributed by atoms with Gasteiger partial charge in [0, 0.05) is 22.7 Å². The van der Waals surface area contributed by atoms with Crippen LogP contribution >= 0.6 is 23.4 Å². The Bertz CT molecular complexity index is 1370. The van der Waals surface area contributed by atoms with Crippen molar-refractivity contribution < 1.29 is 9.26 Å². The SMILES string of the molecule is COc1ccc(-n2c(Cc3ccccc3)nnc2SCc2nc(-c3ccc(Cl)cc3)no2)cc1. The predicted molar refractivity (Wildman–Crippen MR) is 131 cm³/mol. The molecule has 0 amide bonds. The molecule has 5 rings (SSSR count). The fourth-order valence-corrected chi connectivity index (χ4v) is 4.37. The van der Waals surface area contributed by atoms with Gasteiger partial charge in [0.25, 0.3) is 0 Å². The third kappa shape index (κ3) is 4.98. The normalized spacial score (nSPS) is 11.0. The summed E-state index contributed by atoms with van der Waals surface area (Å²) in [5, 5.41) is 14.4. The second kappa shape index (κ2) is 10.1. The van der Waals surface area contributed by atoms with Crippen molar-refractivity contribution in [2.45, 2.75) is 17.3 Å². The molecule has 170 valence electrons. The molecule has 0 aliphatic rings. The van der Waals surface area contributed by atoms with Crippen LogP contribution in [0.1, 0.15) is 17.3 Å². The van der Waals surface area contributed by atoms with Gasteiger partial charge < -0.3 is 9.26 Å². The van der Waals surface area contributed by atoms with Gasteiger partial charge in [0.05, 0.1) is 12.9 Å². The highest BCUT2D eigenvalue weighted by Crippen LogP contribution is 2.28. The van der Waals surface area contributed by atoms with E-state index in [-0.39, 0.29) is 0 Å². The van der Waals surface area contributed by atoms with E-state index in [0.717, 1.165) is 33.5 Å². The molecule has 0 bridgehead atoms. The van der Waals surface area contributed by atoms with Gasteiger partial charge in [-0.15, -0.1) is 10.2 Å². The van der Waals surface area contributed by atoms with Crippen LogP contribution in [0.15, 0.2) is 88.5 Å². The van der Waals surface area contributed by atoms with E-state index in [1.54, 1.807) is 19.2 Å². The molecule has 2 heterocycles. The minimum absolute atomic E-state index is 0.459. The Hall–Kier alpha value is -3.62. The minimum Gasteiger partial charge on any atom is -0.497 e. The lowest BCUT2D eigenvalue weighted by Gasteiger charge is -2.11. The number of thioether (sulfide) groups is 1. The first kappa shape index (κ1) is 22.2. The Kier molecular flexibility index (Phi) is 6.60. The predicted octanol–water partition coefficient (Wildman–Crippen LogP) is 5.86. The van der Waals surface area contributed by atoms with Crippen LogP contribution in [-0.4, -0.2) is 32.0 Å². The zero-order valence-electron chi connectivity index (χ0n) is 18.3. The van der Waals surface area contributed by atoms with Crippen LogP contribution in [0.25, 0.3) is 17.1 Å². The average molecular weight is 490 g/mol. The Morgan fingerprint density at radius 3 is 2.44 bits per heavy atom. The number of halogens is 1. The molecule has 9 heteroatoms. The number of nitrogens with zero attached hydrogens (tertiary/aromatic N) is 5. The average Bonchev–Trinajstić information content (AvgIpc) is 3.51. The van der Waals surface area contributed by atoms with Gasteiger partial charge in [-0.3, -0.25) is 4.57 Å². The first-order chi connectivity index (χ1) is 16.7. The summed E-state index contributed by atoms with van der Waals surface area (Å²) >= 11 is 7.46. The van der Waals surface area contributed by atoms with E-state index in [1.165, 1.54) is 11.8 Å². The zero-order valence-corrected chi connectivity index (χ0v) is 19.8. The maximum Gasteiger partial charge on any atom is 0.237 e. The molecule has 0 aliphatic carbocycles. The molecular weight excluding hydrogens is 470 g/mol. The highest BCUT2D eigenvalue weighted by Gasteiger charge is 2.17. The second-order valence-corrected chi connectivity index (χ2v) is 8.78. The second-order valence-electron chi connectivity index (χ2n) is 7.40. The van der Waals surface area contributed by atoms with E-state index >= 15 is 0 Å². The van der Waals surface area contributed by atoms with E-state index in [9.17, 15) is 0 Å². The van der Waals surface area contributed by atoms with Crippen molar-refractivity contribution in [3.8, 4) is 22.8 Å². The highest BCUT2D eigenvalue weighted by atomic mass is 35.5. The van der Waals surface area contributed by atoms with Gasteiger partial charge in [0.15, 0.2) is 5.16 Å². The van der Waals surface area contributed by atoms with E-state index < -0.39 is 0 Å². The number of hydrogen-bond donors (Lipinski definition) is 0. The Balaban J connectivity index is 1.40. The van der Waals surface area contributed by atoms with E-state index in [1.807, 2.05) is 59.2 Å². The highest BCUT2D eigenvalue weighted by molar-refractivity contribution is 7.98. The molecule has 0 saturated carbocycles. The van der Waals surface area contributed by atoms with Crippen LogP contribution < -0.4 is 4.74 Å². The lowest BCUT2D eigenvalue weighted by Crippen LogP contribution is -2.04. The summed E-state index contributed by atoms with van der Waals surface area (Å²) in [6.07, 6.45) is 0.654. The van der Waals surface area contributed by atoms with Gasteiger partial charge in [0.2, 0.25) is 11.7 Å². The van der Waals surface area contributed by atoms with Crippen molar-refractivity contribution in [1.29, 1.82) is 0 Å². The summed E-state index contributed by atoms with van der Waals surface area (Å²) in [7, 11) is 1.65. The summed E-state index contributed by atoms with van der Waals surface area (Å²) in [6.45, 7) is 0. The van der Waals surface area contributed by atoms with Gasteiger partial charge in [-0.1, -0.05) is 58.9 Å². The third-order valence-corrected chi connectivity index (χ3v) is 6.30. The molecule has 0 spiro atoms. The van der Waals surface area contributed by atoms with Gasteiger partial charge in [-0.05, 0) is 54.1 Å². The fourth-order valence-electron chi connectivity index (χ4n) is 3.43. The number of hydrogen-bond acceptors (Lipinski definition) is 7. The first-order valence-electron chi connectivity index (χ1n) is 10.5. The Morgan fingerprint density at radius 2 is 1.71 bits per heavy atom. The molecule has 7 nitrogen and oxygen atoms in total. The topological polar surface area (TPSA) is 78.9 Å². The third-order valence-electron chi connectivity index (χ3n) is 5.13.